The van der Waals surface area contributed by atoms with Gasteiger partial charge in [0, 0.05) is 56.1 Å². The van der Waals surface area contributed by atoms with Crippen molar-refractivity contribution in [1.82, 2.24) is 9.47 Å². The summed E-state index contributed by atoms with van der Waals surface area (Å²) in [6.07, 6.45) is -1.50. The molecule has 8 heteroatoms. The summed E-state index contributed by atoms with van der Waals surface area (Å²) in [5.41, 5.74) is 2.09. The number of likely N-dealkylation sites (tertiary alicyclic amines) is 1. The van der Waals surface area contributed by atoms with Crippen LogP contribution < -0.4 is 10.3 Å². The number of alkyl halides is 3. The van der Waals surface area contributed by atoms with E-state index < -0.39 is 6.36 Å². The number of hydrogen-bond donors (Lipinski definition) is 0. The molecule has 0 saturated carbocycles. The molecule has 1 aromatic heterocycles. The van der Waals surface area contributed by atoms with Gasteiger partial charge in [-0.05, 0) is 55.0 Å². The van der Waals surface area contributed by atoms with E-state index in [4.69, 9.17) is 4.74 Å². The van der Waals surface area contributed by atoms with Crippen LogP contribution in [0.25, 0.3) is 11.1 Å². The van der Waals surface area contributed by atoms with Crippen LogP contribution in [-0.2, 0) is 11.3 Å². The molecule has 166 valence electrons. The number of fused-ring (bicyclic) bond motifs is 4. The fraction of sp³-hybridized carbons (Fsp3) is 0.522. The first-order valence-corrected chi connectivity index (χ1v) is 10.8. The lowest BCUT2D eigenvalue weighted by molar-refractivity contribution is -0.274. The third-order valence-corrected chi connectivity index (χ3v) is 6.74. The number of benzene rings is 1. The minimum atomic E-state index is -4.73. The smallest absolute Gasteiger partial charge is 0.406 e. The summed E-state index contributed by atoms with van der Waals surface area (Å²) in [5.74, 6) is 0.473. The van der Waals surface area contributed by atoms with Crippen LogP contribution in [0.3, 0.4) is 0 Å². The molecule has 2 atom stereocenters. The van der Waals surface area contributed by atoms with Gasteiger partial charge in [0.1, 0.15) is 5.75 Å². The molecule has 0 spiro atoms. The van der Waals surface area contributed by atoms with E-state index in [1.165, 1.54) is 24.3 Å². The molecule has 2 fully saturated rings. The molecule has 31 heavy (non-hydrogen) atoms. The minimum Gasteiger partial charge on any atom is -0.406 e. The molecule has 2 aromatic rings. The lowest BCUT2D eigenvalue weighted by atomic mass is 9.81. The van der Waals surface area contributed by atoms with E-state index in [0.29, 0.717) is 35.5 Å². The van der Waals surface area contributed by atoms with E-state index >= 15 is 0 Å². The third-order valence-electron chi connectivity index (χ3n) is 6.74. The van der Waals surface area contributed by atoms with Crippen LogP contribution >= 0.6 is 0 Å². The zero-order valence-corrected chi connectivity index (χ0v) is 17.1. The zero-order valence-electron chi connectivity index (χ0n) is 17.1. The van der Waals surface area contributed by atoms with Gasteiger partial charge in [-0.15, -0.1) is 13.2 Å². The Hall–Kier alpha value is -2.32. The lowest BCUT2D eigenvalue weighted by Crippen LogP contribution is -2.51. The van der Waals surface area contributed by atoms with E-state index in [2.05, 4.69) is 9.64 Å². The fourth-order valence-electron chi connectivity index (χ4n) is 5.39. The molecule has 4 heterocycles. The Morgan fingerprint density at radius 3 is 2.42 bits per heavy atom. The quantitative estimate of drug-likeness (QED) is 0.732. The normalized spacial score (nSPS) is 24.6. The summed E-state index contributed by atoms with van der Waals surface area (Å²) in [4.78, 5) is 15.8. The molecule has 0 radical (unpaired) electrons. The Morgan fingerprint density at radius 1 is 0.968 bits per heavy atom. The van der Waals surface area contributed by atoms with Crippen LogP contribution in [0.2, 0.25) is 0 Å². The van der Waals surface area contributed by atoms with Crippen molar-refractivity contribution in [3.63, 3.8) is 0 Å². The molecule has 2 saturated heterocycles. The molecular weight excluding hydrogens is 409 g/mol. The number of halogens is 3. The maximum Gasteiger partial charge on any atom is 0.573 e. The van der Waals surface area contributed by atoms with E-state index in [0.717, 1.165) is 51.3 Å². The van der Waals surface area contributed by atoms with Crippen LogP contribution in [-0.4, -0.2) is 48.2 Å². The third kappa shape index (κ3) is 4.23. The second-order valence-electron chi connectivity index (χ2n) is 8.76. The van der Waals surface area contributed by atoms with Crippen LogP contribution in [0.5, 0.6) is 5.75 Å². The molecule has 3 aliphatic rings. The molecule has 3 aliphatic heterocycles. The molecule has 0 unspecified atom stereocenters. The maximum atomic E-state index is 13.3. The maximum absolute atomic E-state index is 13.3. The van der Waals surface area contributed by atoms with Crippen molar-refractivity contribution in [2.75, 3.05) is 26.3 Å². The number of rotatable bonds is 3. The Bertz CT molecular complexity index is 997. The van der Waals surface area contributed by atoms with Crippen LogP contribution in [0, 0.1) is 5.92 Å². The number of hydrogen-bond acceptors (Lipinski definition) is 4. The topological polar surface area (TPSA) is 43.7 Å². The van der Waals surface area contributed by atoms with Crippen molar-refractivity contribution in [3.05, 3.63) is 52.4 Å². The standard InChI is InChI=1S/C23H25F3N2O3/c24-23(25,26)31-19-3-1-16(2-4-19)20-5-6-21-17-11-15(13-28(21)22(20)29)12-27(14-17)18-7-9-30-10-8-18/h1-6,15,17-18H,7-14H2/t15-,17-/m1/s1. The van der Waals surface area contributed by atoms with Crippen molar-refractivity contribution < 1.29 is 22.6 Å². The first-order valence-electron chi connectivity index (χ1n) is 10.8. The van der Waals surface area contributed by atoms with Crippen molar-refractivity contribution in [2.45, 2.75) is 44.1 Å². The number of pyridine rings is 1. The number of ether oxygens (including phenoxy) is 2. The highest BCUT2D eigenvalue weighted by Gasteiger charge is 2.37. The Kier molecular flexibility index (Phi) is 5.30. The van der Waals surface area contributed by atoms with Gasteiger partial charge in [-0.3, -0.25) is 9.69 Å². The molecule has 5 nitrogen and oxygen atoms in total. The van der Waals surface area contributed by atoms with Gasteiger partial charge in [0.05, 0.1) is 0 Å². The summed E-state index contributed by atoms with van der Waals surface area (Å²) >= 11 is 0. The monoisotopic (exact) mass is 434 g/mol. The van der Waals surface area contributed by atoms with E-state index in [1.807, 2.05) is 16.7 Å². The largest absolute Gasteiger partial charge is 0.573 e. The van der Waals surface area contributed by atoms with Gasteiger partial charge in [0.25, 0.3) is 5.56 Å². The second kappa shape index (κ2) is 7.98. The van der Waals surface area contributed by atoms with Gasteiger partial charge < -0.3 is 14.0 Å². The van der Waals surface area contributed by atoms with Gasteiger partial charge in [-0.2, -0.15) is 0 Å². The molecule has 0 amide bonds. The second-order valence-corrected chi connectivity index (χ2v) is 8.76. The average Bonchev–Trinajstić information content (AvgIpc) is 2.75. The lowest BCUT2D eigenvalue weighted by Gasteiger charge is -2.46. The molecule has 2 bridgehead atoms. The Balaban J connectivity index is 1.39. The first-order chi connectivity index (χ1) is 14.9. The average molecular weight is 434 g/mol. The van der Waals surface area contributed by atoms with Crippen LogP contribution in [0.1, 0.15) is 30.9 Å². The number of nitrogens with zero attached hydrogens (tertiary/aromatic N) is 2. The van der Waals surface area contributed by atoms with E-state index in [1.54, 1.807) is 0 Å². The van der Waals surface area contributed by atoms with Crippen LogP contribution in [0.15, 0.2) is 41.2 Å². The first kappa shape index (κ1) is 20.6. The summed E-state index contributed by atoms with van der Waals surface area (Å²) < 4.78 is 48.5. The number of aromatic nitrogens is 1. The van der Waals surface area contributed by atoms with Gasteiger partial charge >= 0.3 is 6.36 Å². The van der Waals surface area contributed by atoms with Crippen molar-refractivity contribution >= 4 is 0 Å². The van der Waals surface area contributed by atoms with Gasteiger partial charge in [0.15, 0.2) is 0 Å². The predicted octanol–water partition coefficient (Wildman–Crippen LogP) is 4.01. The predicted molar refractivity (Wildman–Crippen MR) is 109 cm³/mol. The summed E-state index contributed by atoms with van der Waals surface area (Å²) in [6, 6.07) is 9.88. The van der Waals surface area contributed by atoms with E-state index in [9.17, 15) is 18.0 Å². The Labute approximate surface area is 178 Å². The van der Waals surface area contributed by atoms with E-state index in [-0.39, 0.29) is 11.3 Å². The van der Waals surface area contributed by atoms with Gasteiger partial charge in [-0.1, -0.05) is 12.1 Å². The SMILES string of the molecule is O=c1c(-c2ccc(OC(F)(F)F)cc2)ccc2n1C[C@@H]1C[C@@H]2CN(C2CCOCC2)C1. The number of piperidine rings is 1. The fourth-order valence-corrected chi connectivity index (χ4v) is 5.39. The molecule has 5 rings (SSSR count). The highest BCUT2D eigenvalue weighted by atomic mass is 19.4. The summed E-state index contributed by atoms with van der Waals surface area (Å²) in [5, 5.41) is 0. The van der Waals surface area contributed by atoms with Crippen LogP contribution in [0.4, 0.5) is 13.2 Å². The molecular formula is C23H25F3N2O3. The molecule has 1 aromatic carbocycles. The van der Waals surface area contributed by atoms with Gasteiger partial charge in [0.2, 0.25) is 0 Å². The Morgan fingerprint density at radius 2 is 1.71 bits per heavy atom. The highest BCUT2D eigenvalue weighted by Crippen LogP contribution is 2.37. The summed E-state index contributed by atoms with van der Waals surface area (Å²) in [6.45, 7) is 4.29. The highest BCUT2D eigenvalue weighted by molar-refractivity contribution is 5.63. The zero-order chi connectivity index (χ0) is 21.6. The summed E-state index contributed by atoms with van der Waals surface area (Å²) in [7, 11) is 0. The van der Waals surface area contributed by atoms with Crippen molar-refractivity contribution in [2.24, 2.45) is 5.92 Å². The minimum absolute atomic E-state index is 0.0730. The van der Waals surface area contributed by atoms with Gasteiger partial charge in [-0.25, -0.2) is 0 Å². The van der Waals surface area contributed by atoms with Crippen molar-refractivity contribution in [3.8, 4) is 16.9 Å². The van der Waals surface area contributed by atoms with Crippen molar-refractivity contribution in [1.29, 1.82) is 0 Å². The molecule has 0 N–H and O–H groups in total. The molecule has 0 aliphatic carbocycles.